The molecular weight excluding hydrogens is 240 g/mol. The first kappa shape index (κ1) is 11.8. The molecule has 1 amide bonds. The van der Waals surface area contributed by atoms with Crippen LogP contribution in [0.5, 0.6) is 0 Å². The minimum absolute atomic E-state index is 0.270. The molecule has 1 atom stereocenters. The molecule has 0 spiro atoms. The van der Waals surface area contributed by atoms with Crippen molar-refractivity contribution in [2.24, 2.45) is 0 Å². The maximum absolute atomic E-state index is 11.7. The van der Waals surface area contributed by atoms with Crippen molar-refractivity contribution in [1.29, 1.82) is 0 Å². The van der Waals surface area contributed by atoms with Crippen LogP contribution in [0.15, 0.2) is 22.1 Å². The van der Waals surface area contributed by atoms with Gasteiger partial charge < -0.3 is 9.52 Å². The fraction of sp³-hybridized carbons (Fsp3) is 0.273. The van der Waals surface area contributed by atoms with Crippen molar-refractivity contribution in [2.75, 3.05) is 5.32 Å². The highest BCUT2D eigenvalue weighted by Crippen LogP contribution is 2.21. The fourth-order valence-electron chi connectivity index (χ4n) is 1.27. The van der Waals surface area contributed by atoms with Crippen LogP contribution in [-0.2, 0) is 0 Å². The van der Waals surface area contributed by atoms with E-state index in [1.54, 1.807) is 25.3 Å². The van der Waals surface area contributed by atoms with Crippen LogP contribution in [0.4, 0.5) is 5.13 Å². The second-order valence-electron chi connectivity index (χ2n) is 3.65. The van der Waals surface area contributed by atoms with Crippen LogP contribution in [0, 0.1) is 6.92 Å². The normalized spacial score (nSPS) is 12.4. The summed E-state index contributed by atoms with van der Waals surface area (Å²) >= 11 is 1.27. The molecule has 6 heteroatoms. The molecule has 17 heavy (non-hydrogen) atoms. The van der Waals surface area contributed by atoms with Gasteiger partial charge in [-0.3, -0.25) is 10.1 Å². The van der Waals surface area contributed by atoms with E-state index in [1.165, 1.54) is 17.6 Å². The van der Waals surface area contributed by atoms with Gasteiger partial charge in [0.1, 0.15) is 12.0 Å². The van der Waals surface area contributed by atoms with Crippen molar-refractivity contribution in [3.63, 3.8) is 0 Å². The van der Waals surface area contributed by atoms with Crippen LogP contribution >= 0.6 is 11.3 Å². The van der Waals surface area contributed by atoms with Gasteiger partial charge >= 0.3 is 0 Å². The Labute approximate surface area is 102 Å². The molecular formula is C11H12N2O3S. The minimum atomic E-state index is -0.631. The quantitative estimate of drug-likeness (QED) is 0.879. The van der Waals surface area contributed by atoms with Crippen LogP contribution in [0.3, 0.4) is 0 Å². The Kier molecular flexibility index (Phi) is 3.26. The molecule has 90 valence electrons. The molecule has 0 radical (unpaired) electrons. The predicted octanol–water partition coefficient (Wildman–Crippen LogP) is 2.35. The monoisotopic (exact) mass is 252 g/mol. The molecule has 0 saturated carbocycles. The van der Waals surface area contributed by atoms with Gasteiger partial charge in [0.25, 0.3) is 5.91 Å². The number of furan rings is 1. The third-order valence-electron chi connectivity index (χ3n) is 2.16. The van der Waals surface area contributed by atoms with Gasteiger partial charge in [-0.15, -0.1) is 11.3 Å². The Morgan fingerprint density at radius 2 is 2.41 bits per heavy atom. The number of aliphatic hydroxyl groups excluding tert-OH is 1. The third kappa shape index (κ3) is 2.72. The molecule has 2 rings (SSSR count). The van der Waals surface area contributed by atoms with E-state index in [-0.39, 0.29) is 5.91 Å². The molecule has 2 heterocycles. The molecule has 0 aliphatic heterocycles. The number of rotatable bonds is 3. The number of hydrogen-bond acceptors (Lipinski definition) is 5. The first-order valence-corrected chi connectivity index (χ1v) is 5.94. The van der Waals surface area contributed by atoms with Crippen molar-refractivity contribution in [3.05, 3.63) is 34.7 Å². The number of carbonyl (C=O) groups excluding carboxylic acids is 1. The van der Waals surface area contributed by atoms with Crippen LogP contribution < -0.4 is 5.32 Å². The topological polar surface area (TPSA) is 75.4 Å². The first-order chi connectivity index (χ1) is 8.06. The summed E-state index contributed by atoms with van der Waals surface area (Å²) in [5.41, 5.74) is 1.00. The smallest absolute Gasteiger partial charge is 0.260 e. The highest BCUT2D eigenvalue weighted by atomic mass is 32.1. The van der Waals surface area contributed by atoms with Crippen LogP contribution in [0.25, 0.3) is 0 Å². The van der Waals surface area contributed by atoms with Crippen LogP contribution in [0.2, 0.25) is 0 Å². The Bertz CT molecular complexity index is 530. The maximum Gasteiger partial charge on any atom is 0.260 e. The zero-order chi connectivity index (χ0) is 12.4. The molecule has 2 N–H and O–H groups in total. The van der Waals surface area contributed by atoms with Gasteiger partial charge in [0.15, 0.2) is 5.13 Å². The molecule has 0 fully saturated rings. The number of anilines is 1. The SMILES string of the molecule is Cc1cc(C(=O)Nc2nc(C(C)O)cs2)co1. The lowest BCUT2D eigenvalue weighted by atomic mass is 10.3. The highest BCUT2D eigenvalue weighted by molar-refractivity contribution is 7.14. The van der Waals surface area contributed by atoms with Gasteiger partial charge in [-0.05, 0) is 19.9 Å². The summed E-state index contributed by atoms with van der Waals surface area (Å²) in [7, 11) is 0. The lowest BCUT2D eigenvalue weighted by Gasteiger charge is -1.98. The molecule has 0 aliphatic rings. The van der Waals surface area contributed by atoms with Crippen molar-refractivity contribution in [2.45, 2.75) is 20.0 Å². The number of nitrogens with zero attached hydrogens (tertiary/aromatic N) is 1. The largest absolute Gasteiger partial charge is 0.469 e. The second-order valence-corrected chi connectivity index (χ2v) is 4.51. The summed E-state index contributed by atoms with van der Waals surface area (Å²) in [6.07, 6.45) is 0.765. The minimum Gasteiger partial charge on any atom is -0.469 e. The average molecular weight is 252 g/mol. The van der Waals surface area contributed by atoms with Gasteiger partial charge in [-0.2, -0.15) is 0 Å². The van der Waals surface area contributed by atoms with E-state index in [1.807, 2.05) is 0 Å². The highest BCUT2D eigenvalue weighted by Gasteiger charge is 2.12. The molecule has 2 aromatic heterocycles. The summed E-state index contributed by atoms with van der Waals surface area (Å²) in [5.74, 6) is 0.410. The van der Waals surface area contributed by atoms with E-state index in [0.29, 0.717) is 22.1 Å². The van der Waals surface area contributed by atoms with E-state index < -0.39 is 6.10 Å². The molecule has 0 saturated heterocycles. The fourth-order valence-corrected chi connectivity index (χ4v) is 2.06. The average Bonchev–Trinajstić information content (AvgIpc) is 2.86. The zero-order valence-corrected chi connectivity index (χ0v) is 10.2. The number of nitrogens with one attached hydrogen (secondary N) is 1. The molecule has 0 aliphatic carbocycles. The Morgan fingerprint density at radius 1 is 1.65 bits per heavy atom. The summed E-state index contributed by atoms with van der Waals surface area (Å²) in [5, 5.41) is 14.1. The van der Waals surface area contributed by atoms with Crippen molar-refractivity contribution < 1.29 is 14.3 Å². The molecule has 1 unspecified atom stereocenters. The van der Waals surface area contributed by atoms with Crippen LogP contribution in [-0.4, -0.2) is 16.0 Å². The Hall–Kier alpha value is -1.66. The number of aryl methyl sites for hydroxylation is 1. The Morgan fingerprint density at radius 3 is 2.94 bits per heavy atom. The van der Waals surface area contributed by atoms with E-state index in [2.05, 4.69) is 10.3 Å². The lowest BCUT2D eigenvalue weighted by molar-refractivity contribution is 0.102. The summed E-state index contributed by atoms with van der Waals surface area (Å²) in [6, 6.07) is 1.65. The third-order valence-corrected chi connectivity index (χ3v) is 2.94. The number of hydrogen-bond donors (Lipinski definition) is 2. The van der Waals surface area contributed by atoms with Gasteiger partial charge in [0.2, 0.25) is 0 Å². The molecule has 2 aromatic rings. The summed E-state index contributed by atoms with van der Waals surface area (Å²) in [4.78, 5) is 15.8. The van der Waals surface area contributed by atoms with Gasteiger partial charge in [-0.1, -0.05) is 0 Å². The number of aromatic nitrogens is 1. The predicted molar refractivity (Wildman–Crippen MR) is 64.1 cm³/mol. The second kappa shape index (κ2) is 4.68. The maximum atomic E-state index is 11.7. The van der Waals surface area contributed by atoms with Crippen LogP contribution in [0.1, 0.15) is 34.8 Å². The van der Waals surface area contributed by atoms with Gasteiger partial charge in [0.05, 0.1) is 17.4 Å². The number of thiazole rings is 1. The van der Waals surface area contributed by atoms with Crippen molar-refractivity contribution in [3.8, 4) is 0 Å². The lowest BCUT2D eigenvalue weighted by Crippen LogP contribution is -2.10. The number of carbonyl (C=O) groups is 1. The van der Waals surface area contributed by atoms with E-state index in [4.69, 9.17) is 4.42 Å². The number of aliphatic hydroxyl groups is 1. The Balaban J connectivity index is 2.07. The van der Waals surface area contributed by atoms with Crippen molar-refractivity contribution >= 4 is 22.4 Å². The molecule has 0 bridgehead atoms. The van der Waals surface area contributed by atoms with E-state index in [0.717, 1.165) is 0 Å². The van der Waals surface area contributed by atoms with Crippen molar-refractivity contribution in [1.82, 2.24) is 4.98 Å². The molecule has 5 nitrogen and oxygen atoms in total. The van der Waals surface area contributed by atoms with Gasteiger partial charge in [-0.25, -0.2) is 4.98 Å². The first-order valence-electron chi connectivity index (χ1n) is 5.06. The van der Waals surface area contributed by atoms with Gasteiger partial charge in [0, 0.05) is 5.38 Å². The standard InChI is InChI=1S/C11H12N2O3S/c1-6-3-8(4-16-6)10(15)13-11-12-9(5-17-11)7(2)14/h3-5,7,14H,1-2H3,(H,12,13,15). The van der Waals surface area contributed by atoms with E-state index >= 15 is 0 Å². The zero-order valence-electron chi connectivity index (χ0n) is 9.43. The molecule has 0 aromatic carbocycles. The van der Waals surface area contributed by atoms with E-state index in [9.17, 15) is 9.90 Å². The number of amides is 1. The summed E-state index contributed by atoms with van der Waals surface area (Å²) in [6.45, 7) is 3.39. The summed E-state index contributed by atoms with van der Waals surface area (Å²) < 4.78 is 5.05.